The van der Waals surface area contributed by atoms with Crippen molar-refractivity contribution < 1.29 is 23.9 Å². The van der Waals surface area contributed by atoms with Crippen LogP contribution in [-0.2, 0) is 4.79 Å². The fraction of sp³-hybridized carbons (Fsp3) is 0.400. The van der Waals surface area contributed by atoms with Crippen molar-refractivity contribution in [2.75, 3.05) is 46.4 Å². The second-order valence-electron chi connectivity index (χ2n) is 7.69. The zero-order valence-electron chi connectivity index (χ0n) is 19.2. The zero-order chi connectivity index (χ0) is 23.6. The molecule has 8 heteroatoms. The Morgan fingerprint density at radius 2 is 1.61 bits per heavy atom. The SMILES string of the molecule is CCOc1ccccc1C(=O)NCCCC(=O)N1CCN(C(=O)c2ccc(OC)cc2)CC1. The summed E-state index contributed by atoms with van der Waals surface area (Å²) in [5.74, 6) is 1.04. The second-order valence-corrected chi connectivity index (χ2v) is 7.69. The first-order chi connectivity index (χ1) is 16.0. The van der Waals surface area contributed by atoms with Crippen LogP contribution in [0.1, 0.15) is 40.5 Å². The number of benzene rings is 2. The van der Waals surface area contributed by atoms with Gasteiger partial charge in [0.05, 0.1) is 19.3 Å². The molecule has 0 saturated carbocycles. The number of hydrogen-bond donors (Lipinski definition) is 1. The standard InChI is InChI=1S/C25H31N3O5/c1-3-33-22-8-5-4-7-21(22)24(30)26-14-6-9-23(29)27-15-17-28(18-16-27)25(31)19-10-12-20(32-2)13-11-19/h4-5,7-8,10-13H,3,6,9,14-18H2,1-2H3,(H,26,30). The van der Waals surface area contributed by atoms with Crippen molar-refractivity contribution in [3.8, 4) is 11.5 Å². The molecule has 2 aromatic rings. The molecular formula is C25H31N3O5. The van der Waals surface area contributed by atoms with Crippen molar-refractivity contribution in [2.24, 2.45) is 0 Å². The molecule has 1 aliphatic heterocycles. The summed E-state index contributed by atoms with van der Waals surface area (Å²) in [6.07, 6.45) is 0.895. The Labute approximate surface area is 194 Å². The number of methoxy groups -OCH3 is 1. The monoisotopic (exact) mass is 453 g/mol. The lowest BCUT2D eigenvalue weighted by Gasteiger charge is -2.35. The average molecular weight is 454 g/mol. The van der Waals surface area contributed by atoms with Gasteiger partial charge in [0.25, 0.3) is 11.8 Å². The van der Waals surface area contributed by atoms with Crippen molar-refractivity contribution in [1.29, 1.82) is 0 Å². The molecule has 0 radical (unpaired) electrons. The number of ether oxygens (including phenoxy) is 2. The van der Waals surface area contributed by atoms with Gasteiger partial charge in [-0.1, -0.05) is 12.1 Å². The molecule has 0 spiro atoms. The number of nitrogens with one attached hydrogen (secondary N) is 1. The van der Waals surface area contributed by atoms with E-state index < -0.39 is 0 Å². The average Bonchev–Trinajstić information content (AvgIpc) is 2.86. The van der Waals surface area contributed by atoms with Gasteiger partial charge >= 0.3 is 0 Å². The zero-order valence-corrected chi connectivity index (χ0v) is 19.2. The molecule has 3 rings (SSSR count). The summed E-state index contributed by atoms with van der Waals surface area (Å²) in [5, 5.41) is 2.85. The van der Waals surface area contributed by atoms with E-state index in [0.29, 0.717) is 74.8 Å². The lowest BCUT2D eigenvalue weighted by molar-refractivity contribution is -0.132. The summed E-state index contributed by atoms with van der Waals surface area (Å²) in [4.78, 5) is 41.2. The van der Waals surface area contributed by atoms with E-state index in [4.69, 9.17) is 9.47 Å². The molecule has 0 bridgehead atoms. The van der Waals surface area contributed by atoms with Crippen LogP contribution in [0, 0.1) is 0 Å². The van der Waals surface area contributed by atoms with Crippen LogP contribution in [0.15, 0.2) is 48.5 Å². The van der Waals surface area contributed by atoms with Crippen LogP contribution < -0.4 is 14.8 Å². The minimum atomic E-state index is -0.211. The van der Waals surface area contributed by atoms with Gasteiger partial charge in [-0.2, -0.15) is 0 Å². The maximum Gasteiger partial charge on any atom is 0.255 e. The van der Waals surface area contributed by atoms with Crippen molar-refractivity contribution in [1.82, 2.24) is 15.1 Å². The van der Waals surface area contributed by atoms with Crippen LogP contribution in [0.3, 0.4) is 0 Å². The fourth-order valence-electron chi connectivity index (χ4n) is 3.71. The van der Waals surface area contributed by atoms with Gasteiger partial charge in [-0.15, -0.1) is 0 Å². The number of carbonyl (C=O) groups is 3. The molecule has 1 heterocycles. The van der Waals surface area contributed by atoms with Gasteiger partial charge in [0.1, 0.15) is 11.5 Å². The van der Waals surface area contributed by atoms with Crippen molar-refractivity contribution in [2.45, 2.75) is 19.8 Å². The predicted octanol–water partition coefficient (Wildman–Crippen LogP) is 2.59. The van der Waals surface area contributed by atoms with Gasteiger partial charge in [0, 0.05) is 44.7 Å². The van der Waals surface area contributed by atoms with E-state index in [2.05, 4.69) is 5.32 Å². The highest BCUT2D eigenvalue weighted by molar-refractivity contribution is 5.97. The number of rotatable bonds is 9. The molecule has 1 saturated heterocycles. The largest absolute Gasteiger partial charge is 0.497 e. The van der Waals surface area contributed by atoms with Crippen LogP contribution in [0.25, 0.3) is 0 Å². The highest BCUT2D eigenvalue weighted by Crippen LogP contribution is 2.18. The van der Waals surface area contributed by atoms with Gasteiger partial charge in [-0.3, -0.25) is 14.4 Å². The number of para-hydroxylation sites is 1. The lowest BCUT2D eigenvalue weighted by Crippen LogP contribution is -2.50. The van der Waals surface area contributed by atoms with E-state index in [0.717, 1.165) is 0 Å². The third-order valence-electron chi connectivity index (χ3n) is 5.54. The third kappa shape index (κ3) is 6.47. The number of amides is 3. The first-order valence-electron chi connectivity index (χ1n) is 11.2. The first-order valence-corrected chi connectivity index (χ1v) is 11.2. The molecule has 0 unspecified atom stereocenters. The summed E-state index contributed by atoms with van der Waals surface area (Å²) >= 11 is 0. The van der Waals surface area contributed by atoms with E-state index in [9.17, 15) is 14.4 Å². The summed E-state index contributed by atoms with van der Waals surface area (Å²) in [5.41, 5.74) is 1.10. The summed E-state index contributed by atoms with van der Waals surface area (Å²) in [7, 11) is 1.59. The molecule has 0 aliphatic carbocycles. The van der Waals surface area contributed by atoms with Gasteiger partial charge in [0.2, 0.25) is 5.91 Å². The van der Waals surface area contributed by atoms with Crippen LogP contribution in [-0.4, -0.2) is 74.0 Å². The molecule has 3 amide bonds. The second kappa shape index (κ2) is 11.9. The Morgan fingerprint density at radius 3 is 2.27 bits per heavy atom. The molecule has 8 nitrogen and oxygen atoms in total. The normalized spacial score (nSPS) is 13.4. The van der Waals surface area contributed by atoms with Crippen LogP contribution >= 0.6 is 0 Å². The molecule has 2 aromatic carbocycles. The molecule has 176 valence electrons. The van der Waals surface area contributed by atoms with Crippen LogP contribution in [0.5, 0.6) is 11.5 Å². The van der Waals surface area contributed by atoms with Gasteiger partial charge in [-0.25, -0.2) is 0 Å². The molecule has 0 aromatic heterocycles. The van der Waals surface area contributed by atoms with Gasteiger partial charge in [-0.05, 0) is 49.7 Å². The summed E-state index contributed by atoms with van der Waals surface area (Å²) in [6.45, 7) is 4.78. The molecule has 1 fully saturated rings. The van der Waals surface area contributed by atoms with Gasteiger partial charge in [0.15, 0.2) is 0 Å². The molecule has 1 N–H and O–H groups in total. The number of carbonyl (C=O) groups excluding carboxylic acids is 3. The highest BCUT2D eigenvalue weighted by Gasteiger charge is 2.24. The minimum absolute atomic E-state index is 0.0375. The Morgan fingerprint density at radius 1 is 0.939 bits per heavy atom. The van der Waals surface area contributed by atoms with Gasteiger partial charge < -0.3 is 24.6 Å². The topological polar surface area (TPSA) is 88.2 Å². The maximum absolute atomic E-state index is 12.7. The van der Waals surface area contributed by atoms with Crippen LogP contribution in [0.2, 0.25) is 0 Å². The molecular weight excluding hydrogens is 422 g/mol. The van der Waals surface area contributed by atoms with E-state index in [1.54, 1.807) is 59.4 Å². The predicted molar refractivity (Wildman–Crippen MR) is 125 cm³/mol. The van der Waals surface area contributed by atoms with E-state index in [1.807, 2.05) is 13.0 Å². The third-order valence-corrected chi connectivity index (χ3v) is 5.54. The smallest absolute Gasteiger partial charge is 0.255 e. The van der Waals surface area contributed by atoms with E-state index in [-0.39, 0.29) is 17.7 Å². The highest BCUT2D eigenvalue weighted by atomic mass is 16.5. The first kappa shape index (κ1) is 24.1. The quantitative estimate of drug-likeness (QED) is 0.590. The Hall–Kier alpha value is -3.55. The van der Waals surface area contributed by atoms with E-state index >= 15 is 0 Å². The Kier molecular flexibility index (Phi) is 8.69. The molecule has 33 heavy (non-hydrogen) atoms. The van der Waals surface area contributed by atoms with Crippen LogP contribution in [0.4, 0.5) is 0 Å². The van der Waals surface area contributed by atoms with Crippen molar-refractivity contribution in [3.05, 3.63) is 59.7 Å². The summed E-state index contributed by atoms with van der Waals surface area (Å²) in [6, 6.07) is 14.1. The van der Waals surface area contributed by atoms with E-state index in [1.165, 1.54) is 0 Å². The Bertz CT molecular complexity index is 953. The number of piperazine rings is 1. The Balaban J connectivity index is 1.39. The maximum atomic E-state index is 12.7. The lowest BCUT2D eigenvalue weighted by atomic mass is 10.1. The molecule has 0 atom stereocenters. The molecule has 1 aliphatic rings. The number of hydrogen-bond acceptors (Lipinski definition) is 5. The minimum Gasteiger partial charge on any atom is -0.497 e. The number of nitrogens with zero attached hydrogens (tertiary/aromatic N) is 2. The van der Waals surface area contributed by atoms with Crippen molar-refractivity contribution >= 4 is 17.7 Å². The van der Waals surface area contributed by atoms with Crippen molar-refractivity contribution in [3.63, 3.8) is 0 Å². The summed E-state index contributed by atoms with van der Waals surface area (Å²) < 4.78 is 10.6. The fourth-order valence-corrected chi connectivity index (χ4v) is 3.71.